The Morgan fingerprint density at radius 1 is 0.667 bits per heavy atom. The van der Waals surface area contributed by atoms with Gasteiger partial charge in [0.2, 0.25) is 0 Å². The van der Waals surface area contributed by atoms with Crippen LogP contribution in [0.25, 0.3) is 0 Å². The molecule has 0 unspecified atom stereocenters. The highest BCUT2D eigenvalue weighted by molar-refractivity contribution is 9.10. The highest BCUT2D eigenvalue weighted by Crippen LogP contribution is 2.35. The maximum absolute atomic E-state index is 12.2. The van der Waals surface area contributed by atoms with Crippen molar-refractivity contribution in [1.82, 2.24) is 0 Å². The Bertz CT molecular complexity index is 972. The number of rotatable bonds is 6. The van der Waals surface area contributed by atoms with Gasteiger partial charge >= 0.3 is 20.2 Å². The Kier molecular flexibility index (Phi) is 7.91. The second kappa shape index (κ2) is 9.03. The Labute approximate surface area is 192 Å². The SMILES string of the molecule is O=S(=O)(OCOS(=O)(=O)c1c(Cl)cc(Br)cc1Cl)c1c(Cl)cc(Br)cc1Cl. The van der Waals surface area contributed by atoms with E-state index in [0.29, 0.717) is 8.95 Å². The van der Waals surface area contributed by atoms with Crippen LogP contribution in [0.2, 0.25) is 20.1 Å². The summed E-state index contributed by atoms with van der Waals surface area (Å²) >= 11 is 29.7. The molecular weight excluding hydrogens is 618 g/mol. The van der Waals surface area contributed by atoms with E-state index in [9.17, 15) is 16.8 Å². The number of hydrogen-bond donors (Lipinski definition) is 0. The van der Waals surface area contributed by atoms with E-state index in [4.69, 9.17) is 46.4 Å². The summed E-state index contributed by atoms with van der Waals surface area (Å²) in [5.74, 6) is 0. The molecule has 0 aliphatic rings. The van der Waals surface area contributed by atoms with Crippen LogP contribution in [0.5, 0.6) is 0 Å². The van der Waals surface area contributed by atoms with Crippen LogP contribution in [0.15, 0.2) is 43.0 Å². The molecule has 0 amide bonds. The van der Waals surface area contributed by atoms with Gasteiger partial charge in [-0.1, -0.05) is 78.3 Å². The topological polar surface area (TPSA) is 86.7 Å². The van der Waals surface area contributed by atoms with Gasteiger partial charge in [-0.25, -0.2) is 8.37 Å². The fraction of sp³-hybridized carbons (Fsp3) is 0.0769. The zero-order chi connectivity index (χ0) is 20.6. The van der Waals surface area contributed by atoms with Crippen molar-refractivity contribution in [1.29, 1.82) is 0 Å². The van der Waals surface area contributed by atoms with E-state index in [1.54, 1.807) is 0 Å². The van der Waals surface area contributed by atoms with E-state index in [1.807, 2.05) is 0 Å². The molecule has 2 aromatic carbocycles. The standard InChI is InChI=1S/C13H6Br2Cl4O6S2/c14-6-1-8(16)12(9(17)2-6)26(20,21)24-5-25-27(22,23)13-10(18)3-7(15)4-11(13)19/h1-4H,5H2. The molecule has 6 nitrogen and oxygen atoms in total. The summed E-state index contributed by atoms with van der Waals surface area (Å²) in [5.41, 5.74) is 0. The minimum Gasteiger partial charge on any atom is -0.236 e. The van der Waals surface area contributed by atoms with E-state index in [1.165, 1.54) is 24.3 Å². The average molecular weight is 624 g/mol. The lowest BCUT2D eigenvalue weighted by Crippen LogP contribution is -2.15. The molecule has 0 fully saturated rings. The van der Waals surface area contributed by atoms with Gasteiger partial charge in [-0.2, -0.15) is 16.8 Å². The first-order valence-corrected chi connectivity index (χ1v) is 12.3. The van der Waals surface area contributed by atoms with E-state index in [0.717, 1.165) is 0 Å². The van der Waals surface area contributed by atoms with Crippen molar-refractivity contribution in [3.05, 3.63) is 53.3 Å². The summed E-state index contributed by atoms with van der Waals surface area (Å²) in [4.78, 5) is -1.07. The summed E-state index contributed by atoms with van der Waals surface area (Å²) in [6.45, 7) is -1.18. The monoisotopic (exact) mass is 620 g/mol. The second-order valence-corrected chi connectivity index (χ2v) is 11.2. The highest BCUT2D eigenvalue weighted by Gasteiger charge is 2.27. The van der Waals surface area contributed by atoms with Crippen molar-refractivity contribution in [2.75, 3.05) is 6.79 Å². The van der Waals surface area contributed by atoms with Crippen molar-refractivity contribution < 1.29 is 25.2 Å². The van der Waals surface area contributed by atoms with Crippen LogP contribution in [0.3, 0.4) is 0 Å². The molecule has 2 aromatic rings. The largest absolute Gasteiger partial charge is 0.302 e. The lowest BCUT2D eigenvalue weighted by Gasteiger charge is -2.11. The number of halogens is 6. The normalized spacial score (nSPS) is 12.4. The predicted molar refractivity (Wildman–Crippen MR) is 110 cm³/mol. The fourth-order valence-electron chi connectivity index (χ4n) is 1.80. The molecule has 0 saturated heterocycles. The molecule has 0 aliphatic heterocycles. The summed E-state index contributed by atoms with van der Waals surface area (Å²) < 4.78 is 59.0. The number of hydrogen-bond acceptors (Lipinski definition) is 6. The van der Waals surface area contributed by atoms with Crippen molar-refractivity contribution in [2.24, 2.45) is 0 Å². The molecule has 0 spiro atoms. The maximum Gasteiger partial charge on any atom is 0.302 e. The summed E-state index contributed by atoms with van der Waals surface area (Å²) in [5, 5.41) is -0.903. The van der Waals surface area contributed by atoms with Crippen LogP contribution >= 0.6 is 78.3 Å². The average Bonchev–Trinajstić information content (AvgIpc) is 2.43. The third kappa shape index (κ3) is 5.71. The van der Waals surface area contributed by atoms with Crippen LogP contribution in [0.1, 0.15) is 0 Å². The third-order valence-corrected chi connectivity index (χ3v) is 8.08. The van der Waals surface area contributed by atoms with Gasteiger partial charge in [-0.15, -0.1) is 0 Å². The summed E-state index contributed by atoms with van der Waals surface area (Å²) in [6.07, 6.45) is 0. The fourth-order valence-corrected chi connectivity index (χ4v) is 7.19. The summed E-state index contributed by atoms with van der Waals surface area (Å²) in [6, 6.07) is 5.12. The third-order valence-electron chi connectivity index (χ3n) is 2.83. The molecule has 0 heterocycles. The van der Waals surface area contributed by atoms with Crippen molar-refractivity contribution in [3.8, 4) is 0 Å². The molecule has 14 heteroatoms. The zero-order valence-electron chi connectivity index (χ0n) is 12.6. The molecule has 0 aromatic heterocycles. The van der Waals surface area contributed by atoms with E-state index < -0.39 is 36.8 Å². The van der Waals surface area contributed by atoms with E-state index >= 15 is 0 Å². The van der Waals surface area contributed by atoms with Crippen LogP contribution in [-0.4, -0.2) is 23.6 Å². The van der Waals surface area contributed by atoms with Gasteiger partial charge in [0.25, 0.3) is 0 Å². The quantitative estimate of drug-likeness (QED) is 0.295. The smallest absolute Gasteiger partial charge is 0.236 e. The Hall–Kier alpha value is 0.380. The zero-order valence-corrected chi connectivity index (χ0v) is 20.4. The van der Waals surface area contributed by atoms with E-state index in [-0.39, 0.29) is 20.1 Å². The van der Waals surface area contributed by atoms with Crippen LogP contribution in [-0.2, 0) is 28.6 Å². The minimum atomic E-state index is -4.52. The van der Waals surface area contributed by atoms with Crippen molar-refractivity contribution in [2.45, 2.75) is 9.79 Å². The lowest BCUT2D eigenvalue weighted by molar-refractivity contribution is 0.132. The molecular formula is C13H6Br2Cl4O6S2. The first-order chi connectivity index (χ1) is 12.3. The van der Waals surface area contributed by atoms with Crippen molar-refractivity contribution >= 4 is 98.5 Å². The van der Waals surface area contributed by atoms with Crippen LogP contribution in [0, 0.1) is 0 Å². The molecule has 0 bridgehead atoms. The minimum absolute atomic E-state index is 0.226. The van der Waals surface area contributed by atoms with Crippen LogP contribution in [0.4, 0.5) is 0 Å². The summed E-state index contributed by atoms with van der Waals surface area (Å²) in [7, 11) is -9.04. The van der Waals surface area contributed by atoms with Gasteiger partial charge in [0, 0.05) is 8.95 Å². The van der Waals surface area contributed by atoms with Gasteiger partial charge in [-0.3, -0.25) is 0 Å². The van der Waals surface area contributed by atoms with Crippen molar-refractivity contribution in [3.63, 3.8) is 0 Å². The number of benzene rings is 2. The molecule has 0 aliphatic carbocycles. The molecule has 0 N–H and O–H groups in total. The lowest BCUT2D eigenvalue weighted by atomic mass is 10.4. The van der Waals surface area contributed by atoms with Crippen LogP contribution < -0.4 is 0 Å². The Morgan fingerprint density at radius 2 is 0.926 bits per heavy atom. The van der Waals surface area contributed by atoms with Gasteiger partial charge < -0.3 is 0 Å². The van der Waals surface area contributed by atoms with Gasteiger partial charge in [-0.05, 0) is 24.3 Å². The highest BCUT2D eigenvalue weighted by atomic mass is 79.9. The Balaban J connectivity index is 2.23. The molecule has 148 valence electrons. The second-order valence-electron chi connectivity index (χ2n) is 4.66. The first kappa shape index (κ1) is 23.7. The predicted octanol–water partition coefficient (Wildman–Crippen LogP) is 5.89. The molecule has 27 heavy (non-hydrogen) atoms. The molecule has 0 saturated carbocycles. The van der Waals surface area contributed by atoms with Gasteiger partial charge in [0.05, 0.1) is 20.1 Å². The molecule has 0 atom stereocenters. The van der Waals surface area contributed by atoms with E-state index in [2.05, 4.69) is 40.2 Å². The van der Waals surface area contributed by atoms with Gasteiger partial charge in [0.1, 0.15) is 9.79 Å². The molecule has 2 rings (SSSR count). The first-order valence-electron chi connectivity index (χ1n) is 6.43. The van der Waals surface area contributed by atoms with Gasteiger partial charge in [0.15, 0.2) is 6.79 Å². The maximum atomic E-state index is 12.2. The molecule has 0 radical (unpaired) electrons. The Morgan fingerprint density at radius 3 is 1.19 bits per heavy atom.